The first-order valence-electron chi connectivity index (χ1n) is 10.6. The van der Waals surface area contributed by atoms with Crippen LogP contribution in [0.2, 0.25) is 0 Å². The number of aromatic carboxylic acids is 1. The number of aromatic nitrogens is 3. The molecule has 154 valence electrons. The lowest BCUT2D eigenvalue weighted by molar-refractivity contribution is 0.0695. The van der Waals surface area contributed by atoms with E-state index >= 15 is 0 Å². The van der Waals surface area contributed by atoms with E-state index < -0.39 is 5.97 Å². The number of aryl methyl sites for hydroxylation is 1. The molecule has 1 aliphatic heterocycles. The third-order valence-electron chi connectivity index (χ3n) is 6.18. The van der Waals surface area contributed by atoms with Gasteiger partial charge in [0.05, 0.1) is 18.4 Å². The van der Waals surface area contributed by atoms with Crippen LogP contribution in [0.1, 0.15) is 53.1 Å². The van der Waals surface area contributed by atoms with Crippen LogP contribution in [0.3, 0.4) is 0 Å². The van der Waals surface area contributed by atoms with Gasteiger partial charge in [0.2, 0.25) is 0 Å². The van der Waals surface area contributed by atoms with Crippen molar-refractivity contribution < 1.29 is 14.6 Å². The Morgan fingerprint density at radius 3 is 2.90 bits per heavy atom. The second kappa shape index (κ2) is 7.94. The summed E-state index contributed by atoms with van der Waals surface area (Å²) in [6.07, 6.45) is 12.4. The molecule has 0 amide bonds. The molecule has 2 aromatic heterocycles. The van der Waals surface area contributed by atoms with Crippen LogP contribution < -0.4 is 4.74 Å². The summed E-state index contributed by atoms with van der Waals surface area (Å²) in [5, 5.41) is 13.9. The summed E-state index contributed by atoms with van der Waals surface area (Å²) in [5.74, 6) is 1.18. The number of ether oxygens (including phenoxy) is 1. The Labute approximate surface area is 175 Å². The first kappa shape index (κ1) is 18.9. The number of rotatable bonds is 7. The van der Waals surface area contributed by atoms with Crippen LogP contribution >= 0.6 is 0 Å². The van der Waals surface area contributed by atoms with Crippen LogP contribution in [0.5, 0.6) is 5.75 Å². The minimum Gasteiger partial charge on any atom is -0.493 e. The highest BCUT2D eigenvalue weighted by atomic mass is 16.5. The van der Waals surface area contributed by atoms with Crippen molar-refractivity contribution in [2.45, 2.75) is 44.6 Å². The summed E-state index contributed by atoms with van der Waals surface area (Å²) >= 11 is 0. The minimum atomic E-state index is -0.897. The summed E-state index contributed by atoms with van der Waals surface area (Å²) in [7, 11) is 0. The molecule has 0 bridgehead atoms. The third kappa shape index (κ3) is 3.95. The summed E-state index contributed by atoms with van der Waals surface area (Å²) in [4.78, 5) is 15.6. The van der Waals surface area contributed by atoms with Crippen molar-refractivity contribution in [3.63, 3.8) is 0 Å². The first-order chi connectivity index (χ1) is 14.7. The molecular weight excluding hydrogens is 378 g/mol. The van der Waals surface area contributed by atoms with Gasteiger partial charge < -0.3 is 9.84 Å². The number of nitrogens with zero attached hydrogens (tertiary/aromatic N) is 3. The van der Waals surface area contributed by atoms with E-state index in [1.54, 1.807) is 12.3 Å². The van der Waals surface area contributed by atoms with Gasteiger partial charge in [-0.3, -0.25) is 9.67 Å². The van der Waals surface area contributed by atoms with Crippen LogP contribution in [-0.2, 0) is 13.0 Å². The van der Waals surface area contributed by atoms with E-state index in [0.717, 1.165) is 47.7 Å². The lowest BCUT2D eigenvalue weighted by Crippen LogP contribution is -2.15. The van der Waals surface area contributed by atoms with Crippen molar-refractivity contribution in [2.24, 2.45) is 5.92 Å². The van der Waals surface area contributed by atoms with Gasteiger partial charge in [0.25, 0.3) is 0 Å². The van der Waals surface area contributed by atoms with Gasteiger partial charge in [-0.1, -0.05) is 12.1 Å². The normalized spacial score (nSPS) is 17.9. The second-order valence-electron chi connectivity index (χ2n) is 8.36. The standard InChI is InChI=1S/C24H25N3O3/c28-24(29)22-7-9-25-12-19(22)4-3-17-8-10-30-23-11-18(5-6-21(17)23)20-13-26-27(15-20)14-16-1-2-16/h5-7,9,11-13,15-17H,1-4,8,10,14H2,(H,28,29)/t17-/m0/s1. The average molecular weight is 403 g/mol. The lowest BCUT2D eigenvalue weighted by Gasteiger charge is -2.26. The molecule has 1 atom stereocenters. The maximum absolute atomic E-state index is 11.5. The molecule has 2 aliphatic rings. The number of carbonyl (C=O) groups is 1. The van der Waals surface area contributed by atoms with Gasteiger partial charge in [-0.05, 0) is 72.8 Å². The fourth-order valence-electron chi connectivity index (χ4n) is 4.28. The zero-order chi connectivity index (χ0) is 20.5. The minimum absolute atomic E-state index is 0.343. The Kier molecular flexibility index (Phi) is 4.99. The maximum atomic E-state index is 11.5. The first-order valence-corrected chi connectivity index (χ1v) is 10.6. The van der Waals surface area contributed by atoms with E-state index in [0.29, 0.717) is 24.5 Å². The van der Waals surface area contributed by atoms with Gasteiger partial charge in [-0.2, -0.15) is 5.10 Å². The zero-order valence-corrected chi connectivity index (χ0v) is 16.8. The predicted octanol–water partition coefficient (Wildman–Crippen LogP) is 4.55. The van der Waals surface area contributed by atoms with Gasteiger partial charge in [0.1, 0.15) is 5.75 Å². The fourth-order valence-corrected chi connectivity index (χ4v) is 4.28. The van der Waals surface area contributed by atoms with Crippen LogP contribution in [0, 0.1) is 5.92 Å². The molecule has 1 aromatic carbocycles. The van der Waals surface area contributed by atoms with Crippen molar-refractivity contribution in [1.29, 1.82) is 0 Å². The zero-order valence-electron chi connectivity index (χ0n) is 16.8. The average Bonchev–Trinajstić information content (AvgIpc) is 3.46. The van der Waals surface area contributed by atoms with Gasteiger partial charge >= 0.3 is 5.97 Å². The van der Waals surface area contributed by atoms with E-state index in [2.05, 4.69) is 34.5 Å². The Morgan fingerprint density at radius 1 is 1.17 bits per heavy atom. The molecule has 3 heterocycles. The smallest absolute Gasteiger partial charge is 0.336 e. The molecule has 5 rings (SSSR count). The molecule has 3 aromatic rings. The summed E-state index contributed by atoms with van der Waals surface area (Å²) in [6.45, 7) is 1.69. The number of carboxylic acid groups (broad SMARTS) is 1. The molecule has 0 unspecified atom stereocenters. The molecule has 6 nitrogen and oxygen atoms in total. The largest absolute Gasteiger partial charge is 0.493 e. The molecule has 30 heavy (non-hydrogen) atoms. The van der Waals surface area contributed by atoms with Gasteiger partial charge in [-0.15, -0.1) is 0 Å². The number of hydrogen-bond acceptors (Lipinski definition) is 4. The molecule has 0 saturated heterocycles. The van der Waals surface area contributed by atoms with E-state index in [4.69, 9.17) is 4.74 Å². The highest BCUT2D eigenvalue weighted by Crippen LogP contribution is 2.39. The van der Waals surface area contributed by atoms with Gasteiger partial charge in [0, 0.05) is 30.7 Å². The van der Waals surface area contributed by atoms with Crippen LogP contribution in [-0.4, -0.2) is 32.4 Å². The molecule has 1 saturated carbocycles. The number of fused-ring (bicyclic) bond motifs is 1. The number of hydrogen-bond donors (Lipinski definition) is 1. The van der Waals surface area contributed by atoms with E-state index in [9.17, 15) is 9.90 Å². The van der Waals surface area contributed by atoms with E-state index in [1.165, 1.54) is 24.6 Å². The van der Waals surface area contributed by atoms with Crippen molar-refractivity contribution >= 4 is 5.97 Å². The van der Waals surface area contributed by atoms with Crippen molar-refractivity contribution in [1.82, 2.24) is 14.8 Å². The van der Waals surface area contributed by atoms with E-state index in [1.807, 2.05) is 10.9 Å². The van der Waals surface area contributed by atoms with Gasteiger partial charge in [0.15, 0.2) is 0 Å². The van der Waals surface area contributed by atoms with Crippen LogP contribution in [0.15, 0.2) is 49.1 Å². The quantitative estimate of drug-likeness (QED) is 0.626. The second-order valence-corrected chi connectivity index (χ2v) is 8.36. The molecule has 0 spiro atoms. The monoisotopic (exact) mass is 403 g/mol. The summed E-state index contributed by atoms with van der Waals surface area (Å²) in [5.41, 5.74) is 4.58. The maximum Gasteiger partial charge on any atom is 0.336 e. The molecule has 0 radical (unpaired) electrons. The Morgan fingerprint density at radius 2 is 2.07 bits per heavy atom. The highest BCUT2D eigenvalue weighted by Gasteiger charge is 2.24. The van der Waals surface area contributed by atoms with Crippen molar-refractivity contribution in [3.8, 4) is 16.9 Å². The fraction of sp³-hybridized carbons (Fsp3) is 0.375. The summed E-state index contributed by atoms with van der Waals surface area (Å²) in [6, 6.07) is 8.00. The SMILES string of the molecule is O=C(O)c1ccncc1CC[C@H]1CCOc2cc(-c3cnn(CC4CC4)c3)ccc21. The molecule has 6 heteroatoms. The van der Waals surface area contributed by atoms with Crippen molar-refractivity contribution in [2.75, 3.05) is 6.61 Å². The molecule has 1 fully saturated rings. The van der Waals surface area contributed by atoms with Crippen LogP contribution in [0.4, 0.5) is 0 Å². The third-order valence-corrected chi connectivity index (χ3v) is 6.18. The molecule has 1 N–H and O–H groups in total. The molecule has 1 aliphatic carbocycles. The van der Waals surface area contributed by atoms with Gasteiger partial charge in [-0.25, -0.2) is 4.79 Å². The lowest BCUT2D eigenvalue weighted by atomic mass is 9.86. The topological polar surface area (TPSA) is 77.2 Å². The predicted molar refractivity (Wildman–Crippen MR) is 113 cm³/mol. The Balaban J connectivity index is 1.32. The number of carboxylic acids is 1. The highest BCUT2D eigenvalue weighted by molar-refractivity contribution is 5.89. The van der Waals surface area contributed by atoms with Crippen molar-refractivity contribution in [3.05, 3.63) is 65.7 Å². The molecular formula is C24H25N3O3. The Hall–Kier alpha value is -3.15. The Bertz CT molecular complexity index is 1070. The van der Waals surface area contributed by atoms with E-state index in [-0.39, 0.29) is 0 Å². The summed E-state index contributed by atoms with van der Waals surface area (Å²) < 4.78 is 8.02. The number of benzene rings is 1. The number of pyridine rings is 1. The van der Waals surface area contributed by atoms with Crippen LogP contribution in [0.25, 0.3) is 11.1 Å².